The SMILES string of the molecule is CCC(C)OCc1cc(C)c(CNC(C)(C)C)o1. The first-order valence-corrected chi connectivity index (χ1v) is 6.76. The quantitative estimate of drug-likeness (QED) is 0.837. The molecule has 0 aliphatic heterocycles. The average molecular weight is 253 g/mol. The van der Waals surface area contributed by atoms with Crippen molar-refractivity contribution in [1.29, 1.82) is 0 Å². The van der Waals surface area contributed by atoms with E-state index >= 15 is 0 Å². The fourth-order valence-electron chi connectivity index (χ4n) is 1.52. The van der Waals surface area contributed by atoms with Crippen molar-refractivity contribution in [2.24, 2.45) is 0 Å². The molecule has 1 rings (SSSR count). The topological polar surface area (TPSA) is 34.4 Å². The zero-order chi connectivity index (χ0) is 13.8. The van der Waals surface area contributed by atoms with Crippen LogP contribution in [0.25, 0.3) is 0 Å². The summed E-state index contributed by atoms with van der Waals surface area (Å²) in [6.07, 6.45) is 1.31. The molecule has 0 aliphatic rings. The second kappa shape index (κ2) is 6.39. The first kappa shape index (κ1) is 15.3. The molecule has 1 aromatic heterocycles. The van der Waals surface area contributed by atoms with E-state index in [0.717, 1.165) is 24.5 Å². The van der Waals surface area contributed by atoms with Crippen LogP contribution in [0.1, 0.15) is 58.1 Å². The van der Waals surface area contributed by atoms with Crippen LogP contribution in [0.2, 0.25) is 0 Å². The number of ether oxygens (including phenoxy) is 1. The van der Waals surface area contributed by atoms with Gasteiger partial charge in [-0.3, -0.25) is 0 Å². The van der Waals surface area contributed by atoms with Gasteiger partial charge < -0.3 is 14.5 Å². The van der Waals surface area contributed by atoms with Crippen LogP contribution in [0.15, 0.2) is 10.5 Å². The highest BCUT2D eigenvalue weighted by molar-refractivity contribution is 5.19. The van der Waals surface area contributed by atoms with Crippen LogP contribution in [0.5, 0.6) is 0 Å². The summed E-state index contributed by atoms with van der Waals surface area (Å²) in [6.45, 7) is 14.1. The van der Waals surface area contributed by atoms with E-state index in [-0.39, 0.29) is 11.6 Å². The zero-order valence-electron chi connectivity index (χ0n) is 12.6. The van der Waals surface area contributed by atoms with E-state index in [2.05, 4.69) is 52.9 Å². The standard InChI is InChI=1S/C15H27NO2/c1-7-12(3)17-10-13-8-11(2)14(18-13)9-16-15(4,5)6/h8,12,16H,7,9-10H2,1-6H3. The molecule has 1 heterocycles. The van der Waals surface area contributed by atoms with Crippen molar-refractivity contribution in [3.8, 4) is 0 Å². The summed E-state index contributed by atoms with van der Waals surface area (Å²) in [5.74, 6) is 1.92. The van der Waals surface area contributed by atoms with E-state index in [1.165, 1.54) is 5.56 Å². The highest BCUT2D eigenvalue weighted by Crippen LogP contribution is 2.17. The molecule has 1 aromatic rings. The largest absolute Gasteiger partial charge is 0.462 e. The van der Waals surface area contributed by atoms with Gasteiger partial charge in [0.25, 0.3) is 0 Å². The van der Waals surface area contributed by atoms with Gasteiger partial charge in [-0.2, -0.15) is 0 Å². The summed E-state index contributed by atoms with van der Waals surface area (Å²) in [5, 5.41) is 3.43. The third-order valence-corrected chi connectivity index (χ3v) is 2.94. The number of nitrogens with one attached hydrogen (secondary N) is 1. The predicted molar refractivity (Wildman–Crippen MR) is 74.6 cm³/mol. The fraction of sp³-hybridized carbons (Fsp3) is 0.733. The van der Waals surface area contributed by atoms with Gasteiger partial charge in [0.15, 0.2) is 0 Å². The Hall–Kier alpha value is -0.800. The van der Waals surface area contributed by atoms with Crippen LogP contribution in [0, 0.1) is 6.92 Å². The van der Waals surface area contributed by atoms with E-state index in [9.17, 15) is 0 Å². The molecule has 0 saturated carbocycles. The van der Waals surface area contributed by atoms with Crippen LogP contribution < -0.4 is 5.32 Å². The van der Waals surface area contributed by atoms with Gasteiger partial charge in [-0.15, -0.1) is 0 Å². The molecule has 104 valence electrons. The molecular weight excluding hydrogens is 226 g/mol. The van der Waals surface area contributed by atoms with Gasteiger partial charge in [-0.1, -0.05) is 6.92 Å². The summed E-state index contributed by atoms with van der Waals surface area (Å²) in [4.78, 5) is 0. The van der Waals surface area contributed by atoms with E-state index in [1.807, 2.05) is 0 Å². The minimum absolute atomic E-state index is 0.104. The van der Waals surface area contributed by atoms with Gasteiger partial charge in [-0.05, 0) is 52.7 Å². The summed E-state index contributed by atoms with van der Waals surface area (Å²) in [5.41, 5.74) is 1.29. The molecule has 0 aliphatic carbocycles. The minimum Gasteiger partial charge on any atom is -0.462 e. The van der Waals surface area contributed by atoms with Crippen LogP contribution in [-0.4, -0.2) is 11.6 Å². The van der Waals surface area contributed by atoms with E-state index in [4.69, 9.17) is 9.15 Å². The van der Waals surface area contributed by atoms with E-state index in [0.29, 0.717) is 6.61 Å². The smallest absolute Gasteiger partial charge is 0.130 e. The van der Waals surface area contributed by atoms with Crippen molar-refractivity contribution in [3.63, 3.8) is 0 Å². The summed E-state index contributed by atoms with van der Waals surface area (Å²) >= 11 is 0. The van der Waals surface area contributed by atoms with Gasteiger partial charge >= 0.3 is 0 Å². The minimum atomic E-state index is 0.104. The molecule has 0 saturated heterocycles. The third kappa shape index (κ3) is 5.23. The number of hydrogen-bond acceptors (Lipinski definition) is 3. The van der Waals surface area contributed by atoms with Crippen LogP contribution in [0.4, 0.5) is 0 Å². The Bertz CT molecular complexity index is 363. The number of hydrogen-bond donors (Lipinski definition) is 1. The maximum atomic E-state index is 5.82. The summed E-state index contributed by atoms with van der Waals surface area (Å²) in [7, 11) is 0. The van der Waals surface area contributed by atoms with Crippen molar-refractivity contribution in [2.75, 3.05) is 0 Å². The maximum absolute atomic E-state index is 5.82. The van der Waals surface area contributed by atoms with E-state index in [1.54, 1.807) is 0 Å². The molecule has 1 N–H and O–H groups in total. The lowest BCUT2D eigenvalue weighted by Gasteiger charge is -2.19. The molecule has 1 unspecified atom stereocenters. The summed E-state index contributed by atoms with van der Waals surface area (Å²) < 4.78 is 11.5. The molecule has 1 atom stereocenters. The van der Waals surface area contributed by atoms with E-state index < -0.39 is 0 Å². The molecule has 18 heavy (non-hydrogen) atoms. The molecule has 3 heteroatoms. The second-order valence-electron chi connectivity index (χ2n) is 5.95. The Kier molecular flexibility index (Phi) is 5.42. The van der Waals surface area contributed by atoms with Crippen molar-refractivity contribution in [1.82, 2.24) is 5.32 Å². The molecular formula is C15H27NO2. The number of aryl methyl sites for hydroxylation is 1. The molecule has 0 amide bonds. The van der Waals surface area contributed by atoms with Crippen molar-refractivity contribution in [2.45, 2.75) is 72.8 Å². The molecule has 0 spiro atoms. The molecule has 3 nitrogen and oxygen atoms in total. The monoisotopic (exact) mass is 253 g/mol. The zero-order valence-corrected chi connectivity index (χ0v) is 12.6. The maximum Gasteiger partial charge on any atom is 0.130 e. The lowest BCUT2D eigenvalue weighted by Crippen LogP contribution is -2.35. The average Bonchev–Trinajstić information content (AvgIpc) is 2.63. The molecule has 0 radical (unpaired) electrons. The van der Waals surface area contributed by atoms with Gasteiger partial charge in [0.05, 0.1) is 12.6 Å². The normalized spacial score (nSPS) is 13.9. The van der Waals surface area contributed by atoms with Gasteiger partial charge in [0.1, 0.15) is 18.1 Å². The van der Waals surface area contributed by atoms with Gasteiger partial charge in [0.2, 0.25) is 0 Å². The Balaban J connectivity index is 2.53. The fourth-order valence-corrected chi connectivity index (χ4v) is 1.52. The van der Waals surface area contributed by atoms with Crippen LogP contribution in [-0.2, 0) is 17.9 Å². The van der Waals surface area contributed by atoms with Gasteiger partial charge in [-0.25, -0.2) is 0 Å². The Morgan fingerprint density at radius 2 is 2.06 bits per heavy atom. The second-order valence-corrected chi connectivity index (χ2v) is 5.95. The third-order valence-electron chi connectivity index (χ3n) is 2.94. The van der Waals surface area contributed by atoms with Crippen molar-refractivity contribution >= 4 is 0 Å². The first-order valence-electron chi connectivity index (χ1n) is 6.76. The predicted octanol–water partition coefficient (Wildman–Crippen LogP) is 3.79. The lowest BCUT2D eigenvalue weighted by molar-refractivity contribution is 0.0400. The van der Waals surface area contributed by atoms with Crippen LogP contribution in [0.3, 0.4) is 0 Å². The Morgan fingerprint density at radius 1 is 1.39 bits per heavy atom. The van der Waals surface area contributed by atoms with Crippen LogP contribution >= 0.6 is 0 Å². The first-order chi connectivity index (χ1) is 8.31. The number of rotatable bonds is 6. The molecule has 0 bridgehead atoms. The lowest BCUT2D eigenvalue weighted by atomic mass is 10.1. The molecule has 0 fully saturated rings. The van der Waals surface area contributed by atoms with Crippen molar-refractivity contribution in [3.05, 3.63) is 23.2 Å². The summed E-state index contributed by atoms with van der Waals surface area (Å²) in [6, 6.07) is 2.07. The van der Waals surface area contributed by atoms with Crippen molar-refractivity contribution < 1.29 is 9.15 Å². The highest BCUT2D eigenvalue weighted by atomic mass is 16.5. The highest BCUT2D eigenvalue weighted by Gasteiger charge is 2.13. The molecule has 0 aromatic carbocycles. The Labute approximate surface area is 111 Å². The van der Waals surface area contributed by atoms with Gasteiger partial charge in [0, 0.05) is 5.54 Å². The number of furan rings is 1. The Morgan fingerprint density at radius 3 is 2.61 bits per heavy atom.